The normalized spacial score (nSPS) is 37.6. The molecule has 2 rings (SSSR count). The van der Waals surface area contributed by atoms with Gasteiger partial charge in [-0.05, 0) is 39.5 Å². The zero-order valence-corrected chi connectivity index (χ0v) is 13.7. The zero-order valence-electron chi connectivity index (χ0n) is 13.7. The second-order valence-corrected chi connectivity index (χ2v) is 6.78. The van der Waals surface area contributed by atoms with Crippen molar-refractivity contribution in [2.45, 2.75) is 64.6 Å². The molecule has 4 heteroatoms. The van der Waals surface area contributed by atoms with Gasteiger partial charge in [0.25, 0.3) is 0 Å². The van der Waals surface area contributed by atoms with Gasteiger partial charge in [-0.25, -0.2) is 0 Å². The van der Waals surface area contributed by atoms with Gasteiger partial charge in [-0.1, -0.05) is 12.2 Å². The largest absolute Gasteiger partial charge is 0.392 e. The third-order valence-corrected chi connectivity index (χ3v) is 5.17. The molecule has 0 spiro atoms. The lowest BCUT2D eigenvalue weighted by atomic mass is 9.82. The molecule has 2 fully saturated rings. The number of hydrogen-bond donors (Lipinski definition) is 2. The van der Waals surface area contributed by atoms with Crippen LogP contribution in [0.2, 0.25) is 0 Å². The molecule has 4 atom stereocenters. The van der Waals surface area contributed by atoms with Crippen LogP contribution in [0.5, 0.6) is 0 Å². The number of aliphatic hydroxyl groups is 2. The first-order chi connectivity index (χ1) is 10.2. The van der Waals surface area contributed by atoms with E-state index in [0.717, 1.165) is 0 Å². The lowest BCUT2D eigenvalue weighted by molar-refractivity contribution is -0.128. The molecule has 22 heavy (non-hydrogen) atoms. The van der Waals surface area contributed by atoms with Crippen LogP contribution in [-0.4, -0.2) is 34.0 Å². The molecule has 0 saturated heterocycles. The summed E-state index contributed by atoms with van der Waals surface area (Å²) >= 11 is 0. The van der Waals surface area contributed by atoms with Crippen LogP contribution in [0.25, 0.3) is 0 Å². The molecule has 2 saturated carbocycles. The van der Waals surface area contributed by atoms with Crippen molar-refractivity contribution in [1.29, 1.82) is 0 Å². The maximum atomic E-state index is 11.3. The Balaban J connectivity index is 0.000000220. The minimum absolute atomic E-state index is 0.171. The Labute approximate surface area is 132 Å². The maximum Gasteiger partial charge on any atom is 0.141 e. The summed E-state index contributed by atoms with van der Waals surface area (Å²) in [7, 11) is 0. The van der Waals surface area contributed by atoms with E-state index >= 15 is 0 Å². The molecule has 4 nitrogen and oxygen atoms in total. The Kier molecular flexibility index (Phi) is 6.27. The van der Waals surface area contributed by atoms with Gasteiger partial charge < -0.3 is 10.2 Å². The number of ketones is 2. The van der Waals surface area contributed by atoms with Crippen molar-refractivity contribution in [2.75, 3.05) is 0 Å². The van der Waals surface area contributed by atoms with Crippen molar-refractivity contribution in [3.8, 4) is 0 Å². The van der Waals surface area contributed by atoms with Crippen molar-refractivity contribution >= 4 is 11.6 Å². The van der Waals surface area contributed by atoms with Crippen molar-refractivity contribution in [1.82, 2.24) is 0 Å². The van der Waals surface area contributed by atoms with Crippen LogP contribution >= 0.6 is 0 Å². The molecule has 2 aliphatic rings. The number of Topliss-reactive ketones (excluding diaryl/α,β-unsaturated/α-hetero) is 2. The molecule has 0 amide bonds. The number of aliphatic hydroxyl groups excluding tert-OH is 2. The van der Waals surface area contributed by atoms with E-state index in [1.807, 2.05) is 13.8 Å². The second kappa shape index (κ2) is 7.34. The van der Waals surface area contributed by atoms with E-state index in [-0.39, 0.29) is 11.6 Å². The van der Waals surface area contributed by atoms with Gasteiger partial charge in [-0.2, -0.15) is 0 Å². The van der Waals surface area contributed by atoms with Crippen LogP contribution in [0.3, 0.4) is 0 Å². The van der Waals surface area contributed by atoms with E-state index in [0.29, 0.717) is 38.5 Å². The number of carbonyl (C=O) groups is 2. The van der Waals surface area contributed by atoms with Gasteiger partial charge in [0.05, 0.1) is 23.0 Å². The summed E-state index contributed by atoms with van der Waals surface area (Å²) in [4.78, 5) is 22.6. The average molecular weight is 308 g/mol. The van der Waals surface area contributed by atoms with Crippen LogP contribution in [0.1, 0.15) is 52.4 Å². The SMILES string of the molecule is C=CC[C@]1(C)C(=O)CC[C@@H]1O.C=CC[C@]1(C)C(=O)CC[C@H]1O. The Bertz CT molecular complexity index is 414. The van der Waals surface area contributed by atoms with E-state index in [1.54, 1.807) is 12.2 Å². The van der Waals surface area contributed by atoms with Crippen LogP contribution < -0.4 is 0 Å². The first-order valence-electron chi connectivity index (χ1n) is 7.87. The van der Waals surface area contributed by atoms with Crippen LogP contribution in [-0.2, 0) is 9.59 Å². The van der Waals surface area contributed by atoms with E-state index in [1.165, 1.54) is 0 Å². The Morgan fingerprint density at radius 1 is 0.955 bits per heavy atom. The number of allylic oxidation sites excluding steroid dienone is 2. The summed E-state index contributed by atoms with van der Waals surface area (Å²) in [6.07, 6.45) is 5.92. The minimum Gasteiger partial charge on any atom is -0.392 e. The quantitative estimate of drug-likeness (QED) is 0.783. The lowest BCUT2D eigenvalue weighted by Crippen LogP contribution is -2.31. The van der Waals surface area contributed by atoms with Gasteiger partial charge in [0, 0.05) is 12.8 Å². The van der Waals surface area contributed by atoms with Crippen LogP contribution in [0, 0.1) is 10.8 Å². The van der Waals surface area contributed by atoms with Gasteiger partial charge in [-0.3, -0.25) is 9.59 Å². The highest BCUT2D eigenvalue weighted by Crippen LogP contribution is 2.38. The van der Waals surface area contributed by atoms with Gasteiger partial charge in [-0.15, -0.1) is 13.2 Å². The first kappa shape index (κ1) is 18.8. The molecule has 2 aliphatic carbocycles. The molecule has 0 heterocycles. The Hall–Kier alpha value is -1.26. The van der Waals surface area contributed by atoms with Crippen LogP contribution in [0.15, 0.2) is 25.3 Å². The van der Waals surface area contributed by atoms with E-state index in [9.17, 15) is 19.8 Å². The Morgan fingerprint density at radius 3 is 1.45 bits per heavy atom. The number of rotatable bonds is 4. The van der Waals surface area contributed by atoms with Gasteiger partial charge in [0.1, 0.15) is 11.6 Å². The number of carbonyl (C=O) groups excluding carboxylic acids is 2. The van der Waals surface area contributed by atoms with Crippen molar-refractivity contribution in [3.63, 3.8) is 0 Å². The highest BCUT2D eigenvalue weighted by atomic mass is 16.3. The highest BCUT2D eigenvalue weighted by Gasteiger charge is 2.44. The third kappa shape index (κ3) is 3.55. The molecule has 0 unspecified atom stereocenters. The molecular weight excluding hydrogens is 280 g/mol. The highest BCUT2D eigenvalue weighted by molar-refractivity contribution is 5.88. The molecule has 0 aromatic rings. The van der Waals surface area contributed by atoms with Crippen molar-refractivity contribution < 1.29 is 19.8 Å². The summed E-state index contributed by atoms with van der Waals surface area (Å²) in [5.41, 5.74) is -1.08. The molecule has 0 aromatic heterocycles. The molecule has 124 valence electrons. The van der Waals surface area contributed by atoms with Gasteiger partial charge in [0.15, 0.2) is 0 Å². The van der Waals surface area contributed by atoms with Crippen LogP contribution in [0.4, 0.5) is 0 Å². The summed E-state index contributed by atoms with van der Waals surface area (Å²) in [5, 5.41) is 19.0. The predicted molar refractivity (Wildman–Crippen MR) is 86.3 cm³/mol. The molecule has 0 aromatic carbocycles. The standard InChI is InChI=1S/2C9H14O2/c2*1-3-6-9(2)7(10)4-5-8(9)11/h2*3,7,10H,1,4-6H2,2H3/t7-,9+;7-,9-/m10/s1. The summed E-state index contributed by atoms with van der Waals surface area (Å²) < 4.78 is 0. The molecular formula is C18H28O4. The monoisotopic (exact) mass is 308 g/mol. The summed E-state index contributed by atoms with van der Waals surface area (Å²) in [6.45, 7) is 10.8. The second-order valence-electron chi connectivity index (χ2n) is 6.78. The topological polar surface area (TPSA) is 74.6 Å². The summed E-state index contributed by atoms with van der Waals surface area (Å²) in [6, 6.07) is 0. The third-order valence-electron chi connectivity index (χ3n) is 5.17. The zero-order chi connectivity index (χ0) is 17.0. The lowest BCUT2D eigenvalue weighted by Gasteiger charge is -2.24. The van der Waals surface area contributed by atoms with Crippen molar-refractivity contribution in [2.24, 2.45) is 10.8 Å². The summed E-state index contributed by atoms with van der Waals surface area (Å²) in [5.74, 6) is 0.342. The van der Waals surface area contributed by atoms with Crippen molar-refractivity contribution in [3.05, 3.63) is 25.3 Å². The minimum atomic E-state index is -0.540. The van der Waals surface area contributed by atoms with Gasteiger partial charge >= 0.3 is 0 Å². The van der Waals surface area contributed by atoms with E-state index < -0.39 is 23.0 Å². The fraction of sp³-hybridized carbons (Fsp3) is 0.667. The smallest absolute Gasteiger partial charge is 0.141 e. The first-order valence-corrected chi connectivity index (χ1v) is 7.87. The number of hydrogen-bond acceptors (Lipinski definition) is 4. The maximum absolute atomic E-state index is 11.3. The molecule has 2 N–H and O–H groups in total. The fourth-order valence-corrected chi connectivity index (χ4v) is 3.21. The Morgan fingerprint density at radius 2 is 1.27 bits per heavy atom. The molecule has 0 radical (unpaired) electrons. The van der Waals surface area contributed by atoms with E-state index in [2.05, 4.69) is 13.2 Å². The van der Waals surface area contributed by atoms with Gasteiger partial charge in [0.2, 0.25) is 0 Å². The predicted octanol–water partition coefficient (Wildman–Crippen LogP) is 2.59. The molecule has 0 bridgehead atoms. The van der Waals surface area contributed by atoms with E-state index in [4.69, 9.17) is 0 Å². The average Bonchev–Trinajstić information content (AvgIpc) is 2.86. The molecule has 0 aliphatic heterocycles. The fourth-order valence-electron chi connectivity index (χ4n) is 3.21.